The molecule has 1 fully saturated rings. The Hall–Kier alpha value is -0.870. The van der Waals surface area contributed by atoms with Gasteiger partial charge in [-0.2, -0.15) is 5.10 Å². The molecule has 0 radical (unpaired) electrons. The van der Waals surface area contributed by atoms with Gasteiger partial charge in [-0.1, -0.05) is 13.8 Å². The molecule has 0 saturated carbocycles. The molecule has 4 nitrogen and oxygen atoms in total. The number of nitrogens with zero attached hydrogens (tertiary/aromatic N) is 3. The van der Waals surface area contributed by atoms with E-state index in [1.807, 2.05) is 0 Å². The van der Waals surface area contributed by atoms with Crippen LogP contribution in [-0.2, 0) is 6.54 Å². The normalized spacial score (nSPS) is 26.5. The van der Waals surface area contributed by atoms with Gasteiger partial charge in [0.15, 0.2) is 0 Å². The molecule has 0 aliphatic carbocycles. The van der Waals surface area contributed by atoms with E-state index in [4.69, 9.17) is 0 Å². The van der Waals surface area contributed by atoms with E-state index in [0.29, 0.717) is 12.0 Å². The summed E-state index contributed by atoms with van der Waals surface area (Å²) >= 11 is 0. The smallest absolute Gasteiger partial charge is 0.0764 e. The van der Waals surface area contributed by atoms with Crippen LogP contribution in [0.5, 0.6) is 0 Å². The SMILES string of the molecule is CCC1CN(Cc2ccn(C(C)CC)n2)CCC1O. The maximum absolute atomic E-state index is 9.92. The molecule has 0 aromatic carbocycles. The molecular weight excluding hydrogens is 238 g/mol. The van der Waals surface area contributed by atoms with Gasteiger partial charge in [0.25, 0.3) is 0 Å². The minimum atomic E-state index is -0.112. The second-order valence-electron chi connectivity index (χ2n) is 5.80. The van der Waals surface area contributed by atoms with E-state index in [0.717, 1.165) is 44.6 Å². The number of likely N-dealkylation sites (tertiary alicyclic amines) is 1. The van der Waals surface area contributed by atoms with Crippen LogP contribution in [0.4, 0.5) is 0 Å². The fraction of sp³-hybridized carbons (Fsp3) is 0.800. The number of hydrogen-bond acceptors (Lipinski definition) is 3. The third-order valence-electron chi connectivity index (χ3n) is 4.39. The Morgan fingerprint density at radius 2 is 2.26 bits per heavy atom. The topological polar surface area (TPSA) is 41.3 Å². The van der Waals surface area contributed by atoms with E-state index in [1.165, 1.54) is 0 Å². The van der Waals surface area contributed by atoms with Crippen molar-refractivity contribution in [2.45, 2.75) is 58.7 Å². The van der Waals surface area contributed by atoms with E-state index in [1.54, 1.807) is 0 Å². The van der Waals surface area contributed by atoms with E-state index in [2.05, 4.69) is 47.7 Å². The first-order valence-corrected chi connectivity index (χ1v) is 7.58. The van der Waals surface area contributed by atoms with Gasteiger partial charge in [0, 0.05) is 31.9 Å². The lowest BCUT2D eigenvalue weighted by Crippen LogP contribution is -2.42. The van der Waals surface area contributed by atoms with Gasteiger partial charge in [-0.05, 0) is 38.2 Å². The minimum Gasteiger partial charge on any atom is -0.393 e. The molecule has 3 unspecified atom stereocenters. The Morgan fingerprint density at radius 1 is 1.47 bits per heavy atom. The zero-order chi connectivity index (χ0) is 13.8. The monoisotopic (exact) mass is 265 g/mol. The van der Waals surface area contributed by atoms with Gasteiger partial charge in [-0.25, -0.2) is 0 Å². The Morgan fingerprint density at radius 3 is 2.95 bits per heavy atom. The standard InChI is InChI=1S/C15H27N3O/c1-4-12(3)18-9-6-14(16-18)11-17-8-7-15(19)13(5-2)10-17/h6,9,12-13,15,19H,4-5,7-8,10-11H2,1-3H3. The predicted octanol–water partition coefficient (Wildman–Crippen LogP) is 2.45. The summed E-state index contributed by atoms with van der Waals surface area (Å²) in [6.45, 7) is 9.43. The number of rotatable bonds is 5. The van der Waals surface area contributed by atoms with Crippen molar-refractivity contribution in [2.24, 2.45) is 5.92 Å². The average molecular weight is 265 g/mol. The molecule has 0 bridgehead atoms. The molecule has 3 atom stereocenters. The van der Waals surface area contributed by atoms with Gasteiger partial charge in [-0.15, -0.1) is 0 Å². The molecule has 2 rings (SSSR count). The second kappa shape index (κ2) is 6.53. The highest BCUT2D eigenvalue weighted by Crippen LogP contribution is 2.21. The summed E-state index contributed by atoms with van der Waals surface area (Å²) in [5.74, 6) is 0.422. The third kappa shape index (κ3) is 3.57. The molecule has 2 heterocycles. The number of aliphatic hydroxyl groups excluding tert-OH is 1. The predicted molar refractivity (Wildman–Crippen MR) is 76.9 cm³/mol. The first kappa shape index (κ1) is 14.5. The lowest BCUT2D eigenvalue weighted by atomic mass is 9.92. The van der Waals surface area contributed by atoms with Crippen LogP contribution in [0.3, 0.4) is 0 Å². The molecule has 0 spiro atoms. The van der Waals surface area contributed by atoms with Gasteiger partial charge in [0.1, 0.15) is 0 Å². The highest BCUT2D eigenvalue weighted by atomic mass is 16.3. The van der Waals surface area contributed by atoms with Crippen LogP contribution in [0.25, 0.3) is 0 Å². The molecule has 108 valence electrons. The average Bonchev–Trinajstić information content (AvgIpc) is 2.88. The molecule has 1 N–H and O–H groups in total. The first-order valence-electron chi connectivity index (χ1n) is 7.58. The highest BCUT2D eigenvalue weighted by molar-refractivity contribution is 5.00. The van der Waals surface area contributed by atoms with Crippen LogP contribution in [0.2, 0.25) is 0 Å². The van der Waals surface area contributed by atoms with E-state index in [9.17, 15) is 5.11 Å². The Balaban J connectivity index is 1.92. The summed E-state index contributed by atoms with van der Waals surface area (Å²) in [5.41, 5.74) is 1.14. The zero-order valence-corrected chi connectivity index (χ0v) is 12.4. The fourth-order valence-corrected chi connectivity index (χ4v) is 2.76. The van der Waals surface area contributed by atoms with Crippen molar-refractivity contribution in [2.75, 3.05) is 13.1 Å². The van der Waals surface area contributed by atoms with Crippen LogP contribution in [0.15, 0.2) is 12.3 Å². The molecule has 1 aromatic heterocycles. The molecular formula is C15H27N3O. The second-order valence-corrected chi connectivity index (χ2v) is 5.80. The van der Waals surface area contributed by atoms with Crippen molar-refractivity contribution in [3.63, 3.8) is 0 Å². The van der Waals surface area contributed by atoms with Crippen LogP contribution < -0.4 is 0 Å². The van der Waals surface area contributed by atoms with Gasteiger partial charge >= 0.3 is 0 Å². The Kier molecular flexibility index (Phi) is 4.99. The maximum Gasteiger partial charge on any atom is 0.0764 e. The minimum absolute atomic E-state index is 0.112. The van der Waals surface area contributed by atoms with Crippen LogP contribution >= 0.6 is 0 Å². The summed E-state index contributed by atoms with van der Waals surface area (Å²) < 4.78 is 2.06. The van der Waals surface area contributed by atoms with Crippen molar-refractivity contribution in [1.82, 2.24) is 14.7 Å². The van der Waals surface area contributed by atoms with Crippen molar-refractivity contribution in [1.29, 1.82) is 0 Å². The summed E-state index contributed by atoms with van der Waals surface area (Å²) in [6, 6.07) is 2.60. The number of aromatic nitrogens is 2. The summed E-state index contributed by atoms with van der Waals surface area (Å²) in [4.78, 5) is 2.42. The number of piperidine rings is 1. The highest BCUT2D eigenvalue weighted by Gasteiger charge is 2.26. The van der Waals surface area contributed by atoms with E-state index < -0.39 is 0 Å². The fourth-order valence-electron chi connectivity index (χ4n) is 2.76. The van der Waals surface area contributed by atoms with Crippen LogP contribution in [0.1, 0.15) is 51.8 Å². The summed E-state index contributed by atoms with van der Waals surface area (Å²) in [6.07, 6.45) is 5.02. The largest absolute Gasteiger partial charge is 0.393 e. The third-order valence-corrected chi connectivity index (χ3v) is 4.39. The van der Waals surface area contributed by atoms with Crippen molar-refractivity contribution in [3.8, 4) is 0 Å². The number of aliphatic hydroxyl groups is 1. The Bertz CT molecular complexity index is 390. The molecule has 1 aliphatic rings. The molecule has 1 saturated heterocycles. The first-order chi connectivity index (χ1) is 9.13. The lowest BCUT2D eigenvalue weighted by molar-refractivity contribution is 0.0217. The molecule has 1 aromatic rings. The molecule has 1 aliphatic heterocycles. The summed E-state index contributed by atoms with van der Waals surface area (Å²) in [7, 11) is 0. The van der Waals surface area contributed by atoms with Crippen molar-refractivity contribution >= 4 is 0 Å². The van der Waals surface area contributed by atoms with Crippen LogP contribution in [-0.4, -0.2) is 39.0 Å². The molecule has 19 heavy (non-hydrogen) atoms. The number of hydrogen-bond donors (Lipinski definition) is 1. The maximum atomic E-state index is 9.92. The Labute approximate surface area is 116 Å². The van der Waals surface area contributed by atoms with Crippen molar-refractivity contribution < 1.29 is 5.11 Å². The molecule has 4 heteroatoms. The van der Waals surface area contributed by atoms with Gasteiger partial charge in [0.05, 0.1) is 11.8 Å². The zero-order valence-electron chi connectivity index (χ0n) is 12.4. The molecule has 0 amide bonds. The van der Waals surface area contributed by atoms with Crippen molar-refractivity contribution in [3.05, 3.63) is 18.0 Å². The van der Waals surface area contributed by atoms with Crippen LogP contribution in [0, 0.1) is 5.92 Å². The van der Waals surface area contributed by atoms with Gasteiger partial charge in [0.2, 0.25) is 0 Å². The van der Waals surface area contributed by atoms with Gasteiger partial charge < -0.3 is 5.11 Å². The van der Waals surface area contributed by atoms with Gasteiger partial charge in [-0.3, -0.25) is 9.58 Å². The van der Waals surface area contributed by atoms with E-state index in [-0.39, 0.29) is 6.10 Å². The van der Waals surface area contributed by atoms with E-state index >= 15 is 0 Å². The summed E-state index contributed by atoms with van der Waals surface area (Å²) in [5, 5.41) is 14.6. The lowest BCUT2D eigenvalue weighted by Gasteiger charge is -2.35. The quantitative estimate of drug-likeness (QED) is 0.889.